The number of hydrogen-bond donors (Lipinski definition) is 1. The number of benzene rings is 1. The molecule has 1 N–H and O–H groups in total. The average molecular weight is 233 g/mol. The Morgan fingerprint density at radius 2 is 1.94 bits per heavy atom. The fraction of sp³-hybridized carbons (Fsp3) is 0.357. The van der Waals surface area contributed by atoms with Crippen LogP contribution in [-0.4, -0.2) is 31.1 Å². The summed E-state index contributed by atoms with van der Waals surface area (Å²) in [5, 5.41) is 9.51. The van der Waals surface area contributed by atoms with Crippen molar-refractivity contribution in [3.05, 3.63) is 35.9 Å². The minimum atomic E-state index is -0.693. The van der Waals surface area contributed by atoms with Gasteiger partial charge in [-0.1, -0.05) is 24.3 Å². The molecule has 0 radical (unpaired) electrons. The lowest BCUT2D eigenvalue weighted by molar-refractivity contribution is -0.118. The lowest BCUT2D eigenvalue weighted by atomic mass is 10.1. The fourth-order valence-electron chi connectivity index (χ4n) is 1.47. The van der Waals surface area contributed by atoms with Crippen LogP contribution < -0.4 is 4.90 Å². The average Bonchev–Trinajstić information content (AvgIpc) is 2.26. The third kappa shape index (κ3) is 4.83. The Hall–Kier alpha value is -1.61. The molecule has 1 unspecified atom stereocenters. The third-order valence-electron chi connectivity index (χ3n) is 2.42. The molecule has 0 saturated heterocycles. The number of carbonyl (C=O) groups is 1. The summed E-state index contributed by atoms with van der Waals surface area (Å²) in [7, 11) is 3.98. The normalized spacial score (nSPS) is 12.7. The van der Waals surface area contributed by atoms with Crippen molar-refractivity contribution in [3.8, 4) is 0 Å². The number of aliphatic hydroxyl groups is 1. The van der Waals surface area contributed by atoms with Crippen LogP contribution in [0.4, 0.5) is 5.69 Å². The molecule has 0 aliphatic rings. The summed E-state index contributed by atoms with van der Waals surface area (Å²) in [6.45, 7) is 1.48. The number of nitrogens with zero attached hydrogens (tertiary/aromatic N) is 1. The molecule has 1 aromatic rings. The summed E-state index contributed by atoms with van der Waals surface area (Å²) in [6.07, 6.45) is 2.95. The van der Waals surface area contributed by atoms with Gasteiger partial charge in [-0.25, -0.2) is 0 Å². The Kier molecular flexibility index (Phi) is 4.91. The van der Waals surface area contributed by atoms with Gasteiger partial charge in [0.2, 0.25) is 0 Å². The summed E-state index contributed by atoms with van der Waals surface area (Å²) < 4.78 is 0. The number of carbonyl (C=O) groups excluding carboxylic acids is 1. The number of hydrogen-bond acceptors (Lipinski definition) is 3. The predicted octanol–water partition coefficient (Wildman–Crippen LogP) is 2.11. The Balaban J connectivity index is 2.62. The highest BCUT2D eigenvalue weighted by molar-refractivity contribution is 5.76. The number of ketones is 1. The van der Waals surface area contributed by atoms with Crippen molar-refractivity contribution in [2.24, 2.45) is 0 Å². The van der Waals surface area contributed by atoms with Crippen molar-refractivity contribution in [2.75, 3.05) is 19.0 Å². The molecule has 0 aliphatic heterocycles. The first kappa shape index (κ1) is 13.5. The Morgan fingerprint density at radius 3 is 2.41 bits per heavy atom. The molecule has 0 amide bonds. The van der Waals surface area contributed by atoms with Gasteiger partial charge in [0.1, 0.15) is 5.78 Å². The van der Waals surface area contributed by atoms with Gasteiger partial charge in [0.25, 0.3) is 0 Å². The van der Waals surface area contributed by atoms with Crippen molar-refractivity contribution in [2.45, 2.75) is 19.4 Å². The van der Waals surface area contributed by atoms with E-state index in [1.165, 1.54) is 6.92 Å². The topological polar surface area (TPSA) is 40.5 Å². The van der Waals surface area contributed by atoms with Crippen molar-refractivity contribution in [3.63, 3.8) is 0 Å². The van der Waals surface area contributed by atoms with Crippen LogP contribution >= 0.6 is 0 Å². The fourth-order valence-corrected chi connectivity index (χ4v) is 1.47. The van der Waals surface area contributed by atoms with Crippen LogP contribution in [0.25, 0.3) is 6.08 Å². The zero-order chi connectivity index (χ0) is 12.8. The van der Waals surface area contributed by atoms with E-state index in [2.05, 4.69) is 0 Å². The van der Waals surface area contributed by atoms with Crippen LogP contribution in [0.2, 0.25) is 0 Å². The molecule has 92 valence electrons. The van der Waals surface area contributed by atoms with Gasteiger partial charge >= 0.3 is 0 Å². The largest absolute Gasteiger partial charge is 0.389 e. The van der Waals surface area contributed by atoms with E-state index in [0.717, 1.165) is 11.3 Å². The summed E-state index contributed by atoms with van der Waals surface area (Å²) in [5.41, 5.74) is 2.14. The molecule has 0 bridgehead atoms. The summed E-state index contributed by atoms with van der Waals surface area (Å²) in [4.78, 5) is 12.8. The van der Waals surface area contributed by atoms with Gasteiger partial charge in [-0.05, 0) is 24.6 Å². The van der Waals surface area contributed by atoms with Crippen molar-refractivity contribution in [1.82, 2.24) is 0 Å². The highest BCUT2D eigenvalue weighted by Gasteiger charge is 2.02. The van der Waals surface area contributed by atoms with E-state index < -0.39 is 6.10 Å². The van der Waals surface area contributed by atoms with Gasteiger partial charge in [0.15, 0.2) is 0 Å². The molecule has 0 saturated carbocycles. The third-order valence-corrected chi connectivity index (χ3v) is 2.42. The lowest BCUT2D eigenvalue weighted by Gasteiger charge is -2.11. The van der Waals surface area contributed by atoms with Gasteiger partial charge < -0.3 is 10.0 Å². The molecule has 3 heteroatoms. The molecule has 0 spiro atoms. The summed E-state index contributed by atoms with van der Waals surface area (Å²) in [6, 6.07) is 7.98. The number of anilines is 1. The first-order valence-electron chi connectivity index (χ1n) is 5.62. The van der Waals surface area contributed by atoms with E-state index in [0.29, 0.717) is 0 Å². The number of aliphatic hydroxyl groups excluding tert-OH is 1. The Bertz CT molecular complexity index is 393. The van der Waals surface area contributed by atoms with Gasteiger partial charge in [-0.2, -0.15) is 0 Å². The van der Waals surface area contributed by atoms with Gasteiger partial charge in [0.05, 0.1) is 6.10 Å². The Labute approximate surface area is 102 Å². The smallest absolute Gasteiger partial charge is 0.132 e. The molecule has 1 atom stereocenters. The van der Waals surface area contributed by atoms with Crippen molar-refractivity contribution in [1.29, 1.82) is 0 Å². The predicted molar refractivity (Wildman–Crippen MR) is 71.1 cm³/mol. The molecule has 3 nitrogen and oxygen atoms in total. The van der Waals surface area contributed by atoms with Crippen molar-refractivity contribution < 1.29 is 9.90 Å². The first-order chi connectivity index (χ1) is 7.99. The minimum Gasteiger partial charge on any atom is -0.389 e. The van der Waals surface area contributed by atoms with Crippen molar-refractivity contribution >= 4 is 17.5 Å². The second-order valence-corrected chi connectivity index (χ2v) is 4.32. The zero-order valence-electron chi connectivity index (χ0n) is 10.6. The van der Waals surface area contributed by atoms with Crippen LogP contribution in [0, 0.1) is 0 Å². The second-order valence-electron chi connectivity index (χ2n) is 4.32. The first-order valence-corrected chi connectivity index (χ1v) is 5.62. The van der Waals surface area contributed by atoms with Crippen LogP contribution in [-0.2, 0) is 4.79 Å². The second kappa shape index (κ2) is 6.21. The standard InChI is InChI=1S/C14H19NO2/c1-11(16)10-14(17)9-6-12-4-7-13(8-5-12)15(2)3/h4-9,14,17H,10H2,1-3H3/b9-6+. The molecule has 0 fully saturated rings. The lowest BCUT2D eigenvalue weighted by Crippen LogP contribution is -2.08. The van der Waals surface area contributed by atoms with E-state index in [-0.39, 0.29) is 12.2 Å². The van der Waals surface area contributed by atoms with E-state index in [1.807, 2.05) is 49.3 Å². The van der Waals surface area contributed by atoms with Crippen LogP contribution in [0.1, 0.15) is 18.9 Å². The maximum absolute atomic E-state index is 10.8. The Morgan fingerprint density at radius 1 is 1.35 bits per heavy atom. The quantitative estimate of drug-likeness (QED) is 0.846. The summed E-state index contributed by atoms with van der Waals surface area (Å²) in [5.74, 6) is -0.00916. The highest BCUT2D eigenvalue weighted by Crippen LogP contribution is 2.13. The van der Waals surface area contributed by atoms with E-state index >= 15 is 0 Å². The summed E-state index contributed by atoms with van der Waals surface area (Å²) >= 11 is 0. The maximum Gasteiger partial charge on any atom is 0.132 e. The molecule has 1 aromatic carbocycles. The minimum absolute atomic E-state index is 0.00916. The molecule has 0 aliphatic carbocycles. The van der Waals surface area contributed by atoms with E-state index in [1.54, 1.807) is 6.08 Å². The molecular weight excluding hydrogens is 214 g/mol. The van der Waals surface area contributed by atoms with Crippen LogP contribution in [0.15, 0.2) is 30.3 Å². The van der Waals surface area contributed by atoms with Gasteiger partial charge in [-0.15, -0.1) is 0 Å². The number of Topliss-reactive ketones (excluding diaryl/α,β-unsaturated/α-hetero) is 1. The maximum atomic E-state index is 10.8. The molecule has 0 aromatic heterocycles. The molecule has 0 heterocycles. The number of rotatable bonds is 5. The van der Waals surface area contributed by atoms with Crippen LogP contribution in [0.3, 0.4) is 0 Å². The SMILES string of the molecule is CC(=O)CC(O)/C=C/c1ccc(N(C)C)cc1. The van der Waals surface area contributed by atoms with Crippen LogP contribution in [0.5, 0.6) is 0 Å². The molecule has 1 rings (SSSR count). The van der Waals surface area contributed by atoms with Gasteiger partial charge in [-0.3, -0.25) is 4.79 Å². The molecular formula is C14H19NO2. The van der Waals surface area contributed by atoms with E-state index in [4.69, 9.17) is 0 Å². The highest BCUT2D eigenvalue weighted by atomic mass is 16.3. The monoisotopic (exact) mass is 233 g/mol. The molecule has 17 heavy (non-hydrogen) atoms. The van der Waals surface area contributed by atoms with Gasteiger partial charge in [0, 0.05) is 26.2 Å². The van der Waals surface area contributed by atoms with E-state index in [9.17, 15) is 9.90 Å². The zero-order valence-corrected chi connectivity index (χ0v) is 10.6.